The maximum Gasteiger partial charge on any atom is 0.285 e. The third kappa shape index (κ3) is 3.80. The Morgan fingerprint density at radius 1 is 1.25 bits per heavy atom. The number of aromatic amines is 1. The minimum Gasteiger partial charge on any atom is -0.364 e. The maximum atomic E-state index is 14.7. The van der Waals surface area contributed by atoms with Crippen LogP contribution in [0.4, 0.5) is 19.0 Å². The maximum absolute atomic E-state index is 14.7. The van der Waals surface area contributed by atoms with Crippen molar-refractivity contribution in [1.29, 1.82) is 0 Å². The molecule has 6 nitrogen and oxygen atoms in total. The summed E-state index contributed by atoms with van der Waals surface area (Å²) in [6, 6.07) is 5.69. The summed E-state index contributed by atoms with van der Waals surface area (Å²) in [5.41, 5.74) is 1.44. The molecule has 0 spiro atoms. The van der Waals surface area contributed by atoms with Crippen LogP contribution in [0.15, 0.2) is 36.8 Å². The largest absolute Gasteiger partial charge is 0.364 e. The molecule has 0 aliphatic carbocycles. The van der Waals surface area contributed by atoms with Gasteiger partial charge in [-0.3, -0.25) is 10.00 Å². The quantitative estimate of drug-likeness (QED) is 0.700. The zero-order chi connectivity index (χ0) is 19.7. The molecule has 0 bridgehead atoms. The molecule has 1 aromatic carbocycles. The average Bonchev–Trinajstić information content (AvgIpc) is 3.14. The number of anilines is 1. The van der Waals surface area contributed by atoms with Crippen LogP contribution in [0.3, 0.4) is 0 Å². The number of piperidine rings is 1. The first-order chi connectivity index (χ1) is 13.4. The van der Waals surface area contributed by atoms with Crippen molar-refractivity contribution in [3.05, 3.63) is 47.9 Å². The number of H-pyrrole nitrogens is 1. The van der Waals surface area contributed by atoms with Crippen LogP contribution in [0.2, 0.25) is 0 Å². The van der Waals surface area contributed by atoms with Crippen molar-refractivity contribution < 1.29 is 13.2 Å². The van der Waals surface area contributed by atoms with E-state index >= 15 is 0 Å². The highest BCUT2D eigenvalue weighted by Crippen LogP contribution is 2.31. The Balaban J connectivity index is 1.40. The minimum atomic E-state index is -3.02. The van der Waals surface area contributed by atoms with Crippen molar-refractivity contribution in [2.24, 2.45) is 0 Å². The van der Waals surface area contributed by atoms with E-state index in [1.165, 1.54) is 23.4 Å². The molecule has 148 valence electrons. The summed E-state index contributed by atoms with van der Waals surface area (Å²) in [5, 5.41) is 10.4. The molecule has 3 heterocycles. The highest BCUT2D eigenvalue weighted by atomic mass is 19.3. The van der Waals surface area contributed by atoms with Crippen LogP contribution in [0.1, 0.15) is 17.5 Å². The Labute approximate surface area is 160 Å². The number of hydrogen-bond acceptors (Lipinski definition) is 5. The van der Waals surface area contributed by atoms with E-state index in [0.717, 1.165) is 5.56 Å². The summed E-state index contributed by atoms with van der Waals surface area (Å²) in [6.07, 6.45) is 2.05. The van der Waals surface area contributed by atoms with Crippen molar-refractivity contribution in [1.82, 2.24) is 25.1 Å². The van der Waals surface area contributed by atoms with Gasteiger partial charge in [0.1, 0.15) is 18.3 Å². The smallest absolute Gasteiger partial charge is 0.285 e. The van der Waals surface area contributed by atoms with Gasteiger partial charge in [0.15, 0.2) is 5.65 Å². The summed E-state index contributed by atoms with van der Waals surface area (Å²) < 4.78 is 43.9. The zero-order valence-corrected chi connectivity index (χ0v) is 15.4. The van der Waals surface area contributed by atoms with Gasteiger partial charge < -0.3 is 5.32 Å². The third-order valence-electron chi connectivity index (χ3n) is 5.09. The highest BCUT2D eigenvalue weighted by molar-refractivity contribution is 5.85. The number of benzene rings is 1. The van der Waals surface area contributed by atoms with Crippen molar-refractivity contribution in [3.63, 3.8) is 0 Å². The van der Waals surface area contributed by atoms with Crippen LogP contribution in [-0.2, 0) is 5.92 Å². The summed E-state index contributed by atoms with van der Waals surface area (Å²) >= 11 is 0. The van der Waals surface area contributed by atoms with Crippen LogP contribution in [0, 0.1) is 6.92 Å². The zero-order valence-electron chi connectivity index (χ0n) is 15.4. The summed E-state index contributed by atoms with van der Waals surface area (Å²) in [6.45, 7) is 1.67. The van der Waals surface area contributed by atoms with Crippen LogP contribution in [-0.4, -0.2) is 56.9 Å². The van der Waals surface area contributed by atoms with Crippen molar-refractivity contribution in [3.8, 4) is 0 Å². The van der Waals surface area contributed by atoms with E-state index in [2.05, 4.69) is 25.5 Å². The number of rotatable bonds is 5. The van der Waals surface area contributed by atoms with Gasteiger partial charge in [0.2, 0.25) is 0 Å². The topological polar surface area (TPSA) is 69.7 Å². The SMILES string of the molecule is Cc1ccc(C(F)(F)CN2CC[C@@H](Nc3ncnc4[nH]ncc34)[C@H](F)C2)cc1. The third-order valence-corrected chi connectivity index (χ3v) is 5.09. The fourth-order valence-corrected chi connectivity index (χ4v) is 3.50. The van der Waals surface area contributed by atoms with E-state index in [1.807, 2.05) is 6.92 Å². The number of nitrogens with one attached hydrogen (secondary N) is 2. The predicted octanol–water partition coefficient (Wildman–Crippen LogP) is 3.28. The number of likely N-dealkylation sites (tertiary alicyclic amines) is 1. The van der Waals surface area contributed by atoms with E-state index in [4.69, 9.17) is 0 Å². The number of aryl methyl sites for hydroxylation is 1. The number of fused-ring (bicyclic) bond motifs is 1. The molecule has 9 heteroatoms. The van der Waals surface area contributed by atoms with Gasteiger partial charge in [-0.2, -0.15) is 13.9 Å². The van der Waals surface area contributed by atoms with Crippen LogP contribution < -0.4 is 5.32 Å². The standard InChI is InChI=1S/C19H21F3N6/c1-12-2-4-13(5-3-12)19(21,22)10-28-7-6-16(15(20)9-28)26-17-14-8-25-27-18(14)24-11-23-17/h2-5,8,11,15-16H,6-7,9-10H2,1H3,(H2,23,24,25,26,27)/t15-,16-/m1/s1. The van der Waals surface area contributed by atoms with E-state index in [-0.39, 0.29) is 12.1 Å². The second kappa shape index (κ2) is 7.38. The molecule has 4 rings (SSSR count). The molecule has 28 heavy (non-hydrogen) atoms. The molecule has 0 unspecified atom stereocenters. The fraction of sp³-hybridized carbons (Fsp3) is 0.421. The average molecular weight is 390 g/mol. The van der Waals surface area contributed by atoms with Gasteiger partial charge in [-0.1, -0.05) is 29.8 Å². The molecule has 1 aliphatic heterocycles. The molecule has 1 aliphatic rings. The van der Waals surface area contributed by atoms with Gasteiger partial charge in [0.25, 0.3) is 5.92 Å². The Morgan fingerprint density at radius 3 is 2.79 bits per heavy atom. The van der Waals surface area contributed by atoms with Crippen LogP contribution in [0.5, 0.6) is 0 Å². The lowest BCUT2D eigenvalue weighted by Crippen LogP contribution is -2.50. The molecule has 3 aromatic rings. The lowest BCUT2D eigenvalue weighted by atomic mass is 10.0. The van der Waals surface area contributed by atoms with Gasteiger partial charge in [0, 0.05) is 18.7 Å². The van der Waals surface area contributed by atoms with E-state index in [9.17, 15) is 13.2 Å². The van der Waals surface area contributed by atoms with E-state index in [0.29, 0.717) is 29.8 Å². The first-order valence-corrected chi connectivity index (χ1v) is 9.14. The molecule has 0 radical (unpaired) electrons. The van der Waals surface area contributed by atoms with Crippen LogP contribution in [0.25, 0.3) is 11.0 Å². The molecule has 1 fully saturated rings. The summed E-state index contributed by atoms with van der Waals surface area (Å²) in [4.78, 5) is 9.68. The van der Waals surface area contributed by atoms with Gasteiger partial charge in [0.05, 0.1) is 24.2 Å². The van der Waals surface area contributed by atoms with Crippen molar-refractivity contribution in [2.45, 2.75) is 31.5 Å². The molecule has 2 atom stereocenters. The first kappa shape index (κ1) is 18.7. The number of nitrogens with zero attached hydrogens (tertiary/aromatic N) is 4. The molecule has 0 saturated carbocycles. The molecule has 0 amide bonds. The Morgan fingerprint density at radius 2 is 2.04 bits per heavy atom. The lowest BCUT2D eigenvalue weighted by molar-refractivity contribution is -0.0491. The monoisotopic (exact) mass is 390 g/mol. The number of aromatic nitrogens is 4. The number of halogens is 3. The second-order valence-corrected chi connectivity index (χ2v) is 7.22. The Hall–Kier alpha value is -2.68. The molecule has 1 saturated heterocycles. The van der Waals surface area contributed by atoms with Gasteiger partial charge in [-0.15, -0.1) is 0 Å². The fourth-order valence-electron chi connectivity index (χ4n) is 3.50. The second-order valence-electron chi connectivity index (χ2n) is 7.22. The molecular weight excluding hydrogens is 369 g/mol. The summed E-state index contributed by atoms with van der Waals surface area (Å²) in [5.74, 6) is -2.53. The van der Waals surface area contributed by atoms with E-state index in [1.54, 1.807) is 18.3 Å². The Bertz CT molecular complexity index is 942. The number of hydrogen-bond donors (Lipinski definition) is 2. The van der Waals surface area contributed by atoms with Gasteiger partial charge in [-0.05, 0) is 13.3 Å². The van der Waals surface area contributed by atoms with Crippen LogP contribution >= 0.6 is 0 Å². The lowest BCUT2D eigenvalue weighted by Gasteiger charge is -2.36. The van der Waals surface area contributed by atoms with E-state index < -0.39 is 24.7 Å². The normalized spacial score (nSPS) is 21.1. The molecule has 2 aromatic heterocycles. The van der Waals surface area contributed by atoms with Crippen molar-refractivity contribution >= 4 is 16.9 Å². The predicted molar refractivity (Wildman–Crippen MR) is 100 cm³/mol. The highest BCUT2D eigenvalue weighted by Gasteiger charge is 2.38. The molecular formula is C19H21F3N6. The number of alkyl halides is 3. The van der Waals surface area contributed by atoms with Gasteiger partial charge >= 0.3 is 0 Å². The molecule has 2 N–H and O–H groups in total. The first-order valence-electron chi connectivity index (χ1n) is 9.14. The van der Waals surface area contributed by atoms with Crippen molar-refractivity contribution in [2.75, 3.05) is 25.0 Å². The van der Waals surface area contributed by atoms with Gasteiger partial charge in [-0.25, -0.2) is 14.4 Å². The summed E-state index contributed by atoms with van der Waals surface area (Å²) in [7, 11) is 0. The Kier molecular flexibility index (Phi) is 4.92. The minimum absolute atomic E-state index is 0.0444.